The molecule has 1 aromatic rings. The highest BCUT2D eigenvalue weighted by Gasteiger charge is 2.12. The van der Waals surface area contributed by atoms with Crippen LogP contribution in [0.4, 0.5) is 0 Å². The van der Waals surface area contributed by atoms with E-state index in [-0.39, 0.29) is 0 Å². The van der Waals surface area contributed by atoms with E-state index in [0.717, 1.165) is 24.4 Å². The van der Waals surface area contributed by atoms with Crippen LogP contribution in [0, 0.1) is 0 Å². The van der Waals surface area contributed by atoms with Crippen LogP contribution in [0.1, 0.15) is 24.6 Å². The summed E-state index contributed by atoms with van der Waals surface area (Å²) in [4.78, 5) is 0. The van der Waals surface area contributed by atoms with Crippen molar-refractivity contribution in [2.45, 2.75) is 19.6 Å². The topological polar surface area (TPSA) is 56.4 Å². The summed E-state index contributed by atoms with van der Waals surface area (Å²) in [6, 6.07) is 1.93. The highest BCUT2D eigenvalue weighted by atomic mass is 16.7. The Kier molecular flexibility index (Phi) is 5.31. The van der Waals surface area contributed by atoms with E-state index in [9.17, 15) is 0 Å². The zero-order valence-corrected chi connectivity index (χ0v) is 9.45. The number of nitrogens with zero attached hydrogens (tertiary/aromatic N) is 1. The third-order valence-corrected chi connectivity index (χ3v) is 2.04. The highest BCUT2D eigenvalue weighted by Crippen LogP contribution is 2.15. The van der Waals surface area contributed by atoms with Gasteiger partial charge in [0.25, 0.3) is 0 Å². The molecule has 0 aliphatic rings. The summed E-state index contributed by atoms with van der Waals surface area (Å²) in [6.07, 6.45) is 0.420. The Morgan fingerprint density at radius 2 is 2.13 bits per heavy atom. The molecular weight excluding hydrogens is 196 g/mol. The first-order chi connectivity index (χ1) is 7.31. The van der Waals surface area contributed by atoms with Gasteiger partial charge in [-0.3, -0.25) is 5.10 Å². The van der Waals surface area contributed by atoms with Crippen molar-refractivity contribution in [3.05, 3.63) is 17.5 Å². The molecule has 0 aliphatic heterocycles. The average molecular weight is 214 g/mol. The van der Waals surface area contributed by atoms with Crippen LogP contribution in [-0.4, -0.2) is 37.6 Å². The Labute approximate surface area is 89.7 Å². The summed E-state index contributed by atoms with van der Waals surface area (Å²) in [5.41, 5.74) is 1.78. The van der Waals surface area contributed by atoms with E-state index in [0.29, 0.717) is 6.61 Å². The van der Waals surface area contributed by atoms with Crippen molar-refractivity contribution < 1.29 is 14.2 Å². The number of aromatic nitrogens is 2. The quantitative estimate of drug-likeness (QED) is 0.548. The molecular formula is C10H18N2O3. The molecule has 86 valence electrons. The smallest absolute Gasteiger partial charge is 0.202 e. The maximum Gasteiger partial charge on any atom is 0.202 e. The van der Waals surface area contributed by atoms with Crippen LogP contribution in [0.2, 0.25) is 0 Å². The highest BCUT2D eigenvalue weighted by molar-refractivity contribution is 5.10. The van der Waals surface area contributed by atoms with Crippen LogP contribution >= 0.6 is 0 Å². The Morgan fingerprint density at radius 3 is 2.73 bits per heavy atom. The van der Waals surface area contributed by atoms with E-state index in [1.165, 1.54) is 0 Å². The van der Waals surface area contributed by atoms with Crippen molar-refractivity contribution in [3.63, 3.8) is 0 Å². The molecule has 0 saturated carbocycles. The number of rotatable bonds is 7. The molecule has 1 heterocycles. The van der Waals surface area contributed by atoms with E-state index in [4.69, 9.17) is 14.2 Å². The zero-order valence-electron chi connectivity index (χ0n) is 9.45. The zero-order chi connectivity index (χ0) is 11.1. The van der Waals surface area contributed by atoms with E-state index < -0.39 is 6.29 Å². The maximum atomic E-state index is 5.25. The van der Waals surface area contributed by atoms with Gasteiger partial charge in [-0.2, -0.15) is 5.10 Å². The first kappa shape index (κ1) is 12.2. The molecule has 1 N–H and O–H groups in total. The first-order valence-corrected chi connectivity index (χ1v) is 4.99. The Bertz CT molecular complexity index is 271. The van der Waals surface area contributed by atoms with Gasteiger partial charge in [0.05, 0.1) is 6.61 Å². The molecule has 0 saturated heterocycles. The Morgan fingerprint density at radius 1 is 1.40 bits per heavy atom. The lowest BCUT2D eigenvalue weighted by Gasteiger charge is -2.08. The van der Waals surface area contributed by atoms with Gasteiger partial charge in [0.1, 0.15) is 5.69 Å². The number of methoxy groups -OCH3 is 2. The van der Waals surface area contributed by atoms with Gasteiger partial charge in [0.2, 0.25) is 6.29 Å². The molecule has 0 bridgehead atoms. The largest absolute Gasteiger partial charge is 0.381 e. The number of hydrogen-bond acceptors (Lipinski definition) is 4. The molecule has 0 radical (unpaired) electrons. The minimum atomic E-state index is -0.401. The lowest BCUT2D eigenvalue weighted by molar-refractivity contribution is -0.108. The monoisotopic (exact) mass is 214 g/mol. The summed E-state index contributed by atoms with van der Waals surface area (Å²) < 4.78 is 15.4. The Balaban J connectivity index is 2.47. The number of nitrogens with one attached hydrogen (secondary N) is 1. The molecule has 0 aromatic carbocycles. The van der Waals surface area contributed by atoms with Crippen molar-refractivity contribution in [1.29, 1.82) is 0 Å². The van der Waals surface area contributed by atoms with E-state index >= 15 is 0 Å². The van der Waals surface area contributed by atoms with Crippen molar-refractivity contribution in [3.8, 4) is 0 Å². The van der Waals surface area contributed by atoms with Gasteiger partial charge in [-0.1, -0.05) is 0 Å². The molecule has 0 fully saturated rings. The van der Waals surface area contributed by atoms with Crippen molar-refractivity contribution in [2.75, 3.05) is 27.4 Å². The van der Waals surface area contributed by atoms with Crippen LogP contribution in [0.3, 0.4) is 0 Å². The van der Waals surface area contributed by atoms with Crippen LogP contribution < -0.4 is 0 Å². The van der Waals surface area contributed by atoms with Crippen molar-refractivity contribution >= 4 is 0 Å². The standard InChI is InChI=1S/C10H18N2O3/c1-4-15-6-5-8-7-9(12-11-8)10(13-2)14-3/h7,10H,4-6H2,1-3H3,(H,11,12). The summed E-state index contributed by atoms with van der Waals surface area (Å²) >= 11 is 0. The third-order valence-electron chi connectivity index (χ3n) is 2.04. The molecule has 1 aromatic heterocycles. The number of ether oxygens (including phenoxy) is 3. The lowest BCUT2D eigenvalue weighted by Crippen LogP contribution is -2.03. The minimum absolute atomic E-state index is 0.401. The second-order valence-electron chi connectivity index (χ2n) is 3.07. The number of aromatic amines is 1. The average Bonchev–Trinajstić information content (AvgIpc) is 2.69. The normalized spacial score (nSPS) is 11.2. The molecule has 0 unspecified atom stereocenters. The van der Waals surface area contributed by atoms with Crippen LogP contribution in [-0.2, 0) is 20.6 Å². The van der Waals surface area contributed by atoms with Gasteiger partial charge in [0, 0.05) is 32.9 Å². The van der Waals surface area contributed by atoms with E-state index in [1.54, 1.807) is 14.2 Å². The first-order valence-electron chi connectivity index (χ1n) is 4.99. The summed E-state index contributed by atoms with van der Waals surface area (Å²) in [6.45, 7) is 3.41. The summed E-state index contributed by atoms with van der Waals surface area (Å²) in [5, 5.41) is 7.03. The molecule has 0 amide bonds. The molecule has 0 spiro atoms. The second kappa shape index (κ2) is 6.55. The molecule has 15 heavy (non-hydrogen) atoms. The lowest BCUT2D eigenvalue weighted by atomic mass is 10.3. The number of hydrogen-bond donors (Lipinski definition) is 1. The fraction of sp³-hybridized carbons (Fsp3) is 0.700. The van der Waals surface area contributed by atoms with Gasteiger partial charge in [-0.25, -0.2) is 0 Å². The number of H-pyrrole nitrogens is 1. The van der Waals surface area contributed by atoms with Crippen molar-refractivity contribution in [2.24, 2.45) is 0 Å². The Hall–Kier alpha value is -0.910. The predicted octanol–water partition coefficient (Wildman–Crippen LogP) is 1.28. The van der Waals surface area contributed by atoms with E-state index in [2.05, 4.69) is 10.2 Å². The van der Waals surface area contributed by atoms with Gasteiger partial charge in [-0.15, -0.1) is 0 Å². The van der Waals surface area contributed by atoms with Crippen LogP contribution in [0.15, 0.2) is 6.07 Å². The fourth-order valence-corrected chi connectivity index (χ4v) is 1.29. The molecule has 0 atom stereocenters. The fourth-order valence-electron chi connectivity index (χ4n) is 1.29. The van der Waals surface area contributed by atoms with Crippen LogP contribution in [0.25, 0.3) is 0 Å². The van der Waals surface area contributed by atoms with Crippen LogP contribution in [0.5, 0.6) is 0 Å². The summed E-state index contributed by atoms with van der Waals surface area (Å²) in [5.74, 6) is 0. The second-order valence-corrected chi connectivity index (χ2v) is 3.07. The minimum Gasteiger partial charge on any atom is -0.381 e. The van der Waals surface area contributed by atoms with Crippen molar-refractivity contribution in [1.82, 2.24) is 10.2 Å². The van der Waals surface area contributed by atoms with E-state index in [1.807, 2.05) is 13.0 Å². The van der Waals surface area contributed by atoms with Gasteiger partial charge in [-0.05, 0) is 13.0 Å². The predicted molar refractivity (Wildman–Crippen MR) is 55.5 cm³/mol. The molecule has 5 nitrogen and oxygen atoms in total. The maximum absolute atomic E-state index is 5.25. The van der Waals surface area contributed by atoms with Gasteiger partial charge < -0.3 is 14.2 Å². The summed E-state index contributed by atoms with van der Waals surface area (Å²) in [7, 11) is 3.17. The van der Waals surface area contributed by atoms with Gasteiger partial charge in [0.15, 0.2) is 0 Å². The molecule has 1 rings (SSSR count). The van der Waals surface area contributed by atoms with Gasteiger partial charge >= 0.3 is 0 Å². The molecule has 5 heteroatoms. The molecule has 0 aliphatic carbocycles. The third kappa shape index (κ3) is 3.62. The SMILES string of the molecule is CCOCCc1cc(C(OC)OC)n[nH]1.